The van der Waals surface area contributed by atoms with Gasteiger partial charge in [-0.1, -0.05) is 30.3 Å². The van der Waals surface area contributed by atoms with Crippen LogP contribution in [0.2, 0.25) is 0 Å². The molecule has 3 rings (SSSR count). The van der Waals surface area contributed by atoms with Crippen LogP contribution in [0.25, 0.3) is 0 Å². The van der Waals surface area contributed by atoms with Crippen molar-refractivity contribution in [2.24, 2.45) is 0 Å². The third kappa shape index (κ3) is 2.31. The smallest absolute Gasteiger partial charge is 0.181 e. The fourth-order valence-electron chi connectivity index (χ4n) is 2.51. The summed E-state index contributed by atoms with van der Waals surface area (Å²) in [5.74, 6) is 0.794. The lowest BCUT2D eigenvalue weighted by Crippen LogP contribution is -2.09. The summed E-state index contributed by atoms with van der Waals surface area (Å²) >= 11 is 0. The van der Waals surface area contributed by atoms with Gasteiger partial charge in [-0.05, 0) is 36.2 Å². The van der Waals surface area contributed by atoms with E-state index in [4.69, 9.17) is 4.74 Å². The second-order valence-electron chi connectivity index (χ2n) is 5.01. The summed E-state index contributed by atoms with van der Waals surface area (Å²) in [4.78, 5) is 0.377. The van der Waals surface area contributed by atoms with Crippen LogP contribution in [0.1, 0.15) is 17.9 Å². The predicted molar refractivity (Wildman–Crippen MR) is 77.8 cm³/mol. The molecule has 0 aliphatic heterocycles. The van der Waals surface area contributed by atoms with E-state index in [9.17, 15) is 8.42 Å². The van der Waals surface area contributed by atoms with Gasteiger partial charge in [0.1, 0.15) is 5.75 Å². The van der Waals surface area contributed by atoms with Gasteiger partial charge in [-0.25, -0.2) is 8.42 Å². The molecule has 1 fully saturated rings. The monoisotopic (exact) mass is 288 g/mol. The van der Waals surface area contributed by atoms with Gasteiger partial charge in [0.05, 0.1) is 17.3 Å². The molecule has 1 unspecified atom stereocenters. The Hall–Kier alpha value is -1.81. The van der Waals surface area contributed by atoms with Crippen molar-refractivity contribution in [3.05, 3.63) is 60.2 Å². The average Bonchev–Trinajstić information content (AvgIpc) is 3.29. The first-order chi connectivity index (χ1) is 9.63. The lowest BCUT2D eigenvalue weighted by Gasteiger charge is -2.05. The molecule has 0 radical (unpaired) electrons. The minimum Gasteiger partial charge on any atom is -0.497 e. The second-order valence-corrected chi connectivity index (χ2v) is 7.18. The minimum absolute atomic E-state index is 0.128. The lowest BCUT2D eigenvalue weighted by atomic mass is 10.1. The van der Waals surface area contributed by atoms with E-state index >= 15 is 0 Å². The highest BCUT2D eigenvalue weighted by Gasteiger charge is 2.48. The molecule has 2 aromatic carbocycles. The van der Waals surface area contributed by atoms with Crippen LogP contribution in [0.5, 0.6) is 5.75 Å². The predicted octanol–water partition coefficient (Wildman–Crippen LogP) is 3.03. The number of benzene rings is 2. The number of ether oxygens (including phenoxy) is 1. The van der Waals surface area contributed by atoms with E-state index < -0.39 is 9.84 Å². The van der Waals surface area contributed by atoms with Crippen molar-refractivity contribution in [2.75, 3.05) is 7.11 Å². The maximum Gasteiger partial charge on any atom is 0.181 e. The van der Waals surface area contributed by atoms with Crippen LogP contribution in [-0.2, 0) is 9.84 Å². The van der Waals surface area contributed by atoms with Crippen LogP contribution in [0, 0.1) is 0 Å². The van der Waals surface area contributed by atoms with Crippen LogP contribution < -0.4 is 4.74 Å². The Kier molecular flexibility index (Phi) is 3.26. The molecule has 0 N–H and O–H groups in total. The van der Waals surface area contributed by atoms with Crippen LogP contribution in [0.4, 0.5) is 0 Å². The summed E-state index contributed by atoms with van der Waals surface area (Å²) < 4.78 is 30.1. The van der Waals surface area contributed by atoms with Gasteiger partial charge in [0, 0.05) is 5.92 Å². The first-order valence-electron chi connectivity index (χ1n) is 6.56. The molecule has 20 heavy (non-hydrogen) atoms. The minimum atomic E-state index is -3.24. The van der Waals surface area contributed by atoms with Gasteiger partial charge in [-0.3, -0.25) is 0 Å². The highest BCUT2D eigenvalue weighted by molar-refractivity contribution is 7.92. The SMILES string of the molecule is COc1ccc(S(=O)(=O)C2C[C@H]2c2ccccc2)cc1. The van der Waals surface area contributed by atoms with E-state index in [1.807, 2.05) is 30.3 Å². The molecule has 3 nitrogen and oxygen atoms in total. The Morgan fingerprint density at radius 3 is 2.25 bits per heavy atom. The maximum atomic E-state index is 12.5. The lowest BCUT2D eigenvalue weighted by molar-refractivity contribution is 0.414. The quantitative estimate of drug-likeness (QED) is 0.868. The molecule has 104 valence electrons. The summed E-state index contributed by atoms with van der Waals surface area (Å²) in [5.41, 5.74) is 1.11. The van der Waals surface area contributed by atoms with Crippen molar-refractivity contribution in [3.63, 3.8) is 0 Å². The molecule has 0 spiro atoms. The van der Waals surface area contributed by atoms with Gasteiger partial charge in [0.25, 0.3) is 0 Å². The fourth-order valence-corrected chi connectivity index (χ4v) is 4.42. The Labute approximate surface area is 119 Å². The Bertz CT molecular complexity index is 690. The van der Waals surface area contributed by atoms with Gasteiger partial charge in [0.2, 0.25) is 0 Å². The topological polar surface area (TPSA) is 43.4 Å². The van der Waals surface area contributed by atoms with E-state index in [2.05, 4.69) is 0 Å². The van der Waals surface area contributed by atoms with Crippen LogP contribution in [0.3, 0.4) is 0 Å². The van der Waals surface area contributed by atoms with Gasteiger partial charge in [0.15, 0.2) is 9.84 Å². The molecule has 4 heteroatoms. The summed E-state index contributed by atoms with van der Waals surface area (Å²) in [5, 5.41) is -0.293. The summed E-state index contributed by atoms with van der Waals surface area (Å²) in [6.07, 6.45) is 0.707. The van der Waals surface area contributed by atoms with E-state index in [0.717, 1.165) is 5.56 Å². The van der Waals surface area contributed by atoms with Crippen molar-refractivity contribution >= 4 is 9.84 Å². The number of hydrogen-bond donors (Lipinski definition) is 0. The zero-order chi connectivity index (χ0) is 14.2. The van der Waals surface area contributed by atoms with Crippen LogP contribution >= 0.6 is 0 Å². The van der Waals surface area contributed by atoms with E-state index in [1.54, 1.807) is 31.4 Å². The number of rotatable bonds is 4. The maximum absolute atomic E-state index is 12.5. The zero-order valence-corrected chi connectivity index (χ0v) is 12.0. The first-order valence-corrected chi connectivity index (χ1v) is 8.10. The molecular formula is C16H16O3S. The molecule has 2 aromatic rings. The highest BCUT2D eigenvalue weighted by Crippen LogP contribution is 2.48. The molecule has 0 aromatic heterocycles. The van der Waals surface area contributed by atoms with E-state index in [-0.39, 0.29) is 11.2 Å². The zero-order valence-electron chi connectivity index (χ0n) is 11.2. The van der Waals surface area contributed by atoms with Crippen molar-refractivity contribution in [1.29, 1.82) is 0 Å². The van der Waals surface area contributed by atoms with Crippen molar-refractivity contribution in [2.45, 2.75) is 22.5 Å². The molecule has 0 bridgehead atoms. The third-order valence-corrected chi connectivity index (χ3v) is 5.99. The largest absolute Gasteiger partial charge is 0.497 e. The second kappa shape index (κ2) is 4.94. The van der Waals surface area contributed by atoms with Gasteiger partial charge in [-0.15, -0.1) is 0 Å². The molecule has 1 saturated carbocycles. The molecule has 2 atom stereocenters. The van der Waals surface area contributed by atoms with Crippen molar-refractivity contribution in [3.8, 4) is 5.75 Å². The summed E-state index contributed by atoms with van der Waals surface area (Å²) in [7, 11) is -1.68. The Morgan fingerprint density at radius 1 is 1.00 bits per heavy atom. The summed E-state index contributed by atoms with van der Waals surface area (Å²) in [6, 6.07) is 16.4. The summed E-state index contributed by atoms with van der Waals surface area (Å²) in [6.45, 7) is 0. The molecule has 1 aliphatic rings. The normalized spacial score (nSPS) is 21.4. The number of sulfone groups is 1. The standard InChI is InChI=1S/C16H16O3S/c1-19-13-7-9-14(10-8-13)20(17,18)16-11-15(16)12-5-3-2-4-6-12/h2-10,15-16H,11H2,1H3/t15-,16?/m0/s1. The molecule has 1 aliphatic carbocycles. The number of methoxy groups -OCH3 is 1. The Morgan fingerprint density at radius 2 is 1.65 bits per heavy atom. The number of hydrogen-bond acceptors (Lipinski definition) is 3. The van der Waals surface area contributed by atoms with Crippen molar-refractivity contribution in [1.82, 2.24) is 0 Å². The van der Waals surface area contributed by atoms with Gasteiger partial charge in [-0.2, -0.15) is 0 Å². The van der Waals surface area contributed by atoms with Gasteiger partial charge < -0.3 is 4.74 Å². The van der Waals surface area contributed by atoms with E-state index in [0.29, 0.717) is 17.1 Å². The fraction of sp³-hybridized carbons (Fsp3) is 0.250. The molecule has 0 saturated heterocycles. The Balaban J connectivity index is 1.83. The van der Waals surface area contributed by atoms with E-state index in [1.165, 1.54) is 0 Å². The molecular weight excluding hydrogens is 272 g/mol. The van der Waals surface area contributed by atoms with Crippen LogP contribution in [0.15, 0.2) is 59.5 Å². The first kappa shape index (κ1) is 13.2. The van der Waals surface area contributed by atoms with Crippen molar-refractivity contribution < 1.29 is 13.2 Å². The average molecular weight is 288 g/mol. The third-order valence-electron chi connectivity index (χ3n) is 3.75. The van der Waals surface area contributed by atoms with Crippen LogP contribution in [-0.4, -0.2) is 20.8 Å². The molecule has 0 heterocycles. The van der Waals surface area contributed by atoms with Gasteiger partial charge >= 0.3 is 0 Å². The highest BCUT2D eigenvalue weighted by atomic mass is 32.2. The molecule has 0 amide bonds.